The standard InChI is InChI=1S/C34H33FN6O3S/c1-4-30(42)40-10-11-41-24(20-40)17-28(38-41)33-31(25-6-5-23(35)16-29(25)44-13-12-43-3)34-26(8-14-45-34)32(37-33)21-15-22-19-39(2)9-7-27(22)36-18-21/h4-6,8,14-18H,1,7,9-13,19-20H2,2-3H3. The molecule has 1 aromatic carbocycles. The maximum Gasteiger partial charge on any atom is 0.246 e. The lowest BCUT2D eigenvalue weighted by Gasteiger charge is -2.26. The number of nitrogens with zero attached hydrogens (tertiary/aromatic N) is 6. The fourth-order valence-electron chi connectivity index (χ4n) is 6.13. The van der Waals surface area contributed by atoms with Crippen LogP contribution in [0.25, 0.3) is 43.9 Å². The van der Waals surface area contributed by atoms with Gasteiger partial charge in [0.25, 0.3) is 0 Å². The number of halogens is 1. The Morgan fingerprint density at radius 2 is 2.00 bits per heavy atom. The first-order chi connectivity index (χ1) is 21.9. The molecular weight excluding hydrogens is 591 g/mol. The predicted molar refractivity (Wildman–Crippen MR) is 172 cm³/mol. The normalized spacial score (nSPS) is 14.8. The number of ether oxygens (including phenoxy) is 2. The second-order valence-electron chi connectivity index (χ2n) is 11.4. The summed E-state index contributed by atoms with van der Waals surface area (Å²) in [5.41, 5.74) is 7.83. The number of carbonyl (C=O) groups is 1. The minimum Gasteiger partial charge on any atom is -0.490 e. The molecule has 0 spiro atoms. The number of rotatable bonds is 8. The Morgan fingerprint density at radius 3 is 2.84 bits per heavy atom. The molecule has 0 fully saturated rings. The number of methoxy groups -OCH3 is 1. The van der Waals surface area contributed by atoms with E-state index in [1.807, 2.05) is 16.9 Å². The number of fused-ring (bicyclic) bond motifs is 3. The third-order valence-corrected chi connectivity index (χ3v) is 9.33. The number of hydrogen-bond acceptors (Lipinski definition) is 8. The molecule has 0 unspecified atom stereocenters. The van der Waals surface area contributed by atoms with Gasteiger partial charge in [0.05, 0.1) is 31.1 Å². The zero-order valence-corrected chi connectivity index (χ0v) is 26.1. The van der Waals surface area contributed by atoms with Crippen LogP contribution in [-0.4, -0.2) is 75.9 Å². The van der Waals surface area contributed by atoms with Crippen molar-refractivity contribution in [3.8, 4) is 39.5 Å². The van der Waals surface area contributed by atoms with Crippen LogP contribution in [0.2, 0.25) is 0 Å². The van der Waals surface area contributed by atoms with Crippen molar-refractivity contribution in [2.24, 2.45) is 0 Å². The molecule has 11 heteroatoms. The smallest absolute Gasteiger partial charge is 0.246 e. The lowest BCUT2D eigenvalue weighted by molar-refractivity contribution is -0.127. The van der Waals surface area contributed by atoms with Crippen molar-refractivity contribution in [2.75, 3.05) is 40.5 Å². The summed E-state index contributed by atoms with van der Waals surface area (Å²) in [6.07, 6.45) is 4.18. The molecule has 2 aliphatic rings. The predicted octanol–water partition coefficient (Wildman–Crippen LogP) is 5.57. The summed E-state index contributed by atoms with van der Waals surface area (Å²) in [5, 5.41) is 8.02. The molecular formula is C34H33FN6O3S. The minimum atomic E-state index is -0.394. The molecule has 0 atom stereocenters. The average molecular weight is 625 g/mol. The quantitative estimate of drug-likeness (QED) is 0.165. The number of carbonyl (C=O) groups excluding carboxylic acids is 1. The van der Waals surface area contributed by atoms with E-state index in [2.05, 4.69) is 36.0 Å². The molecule has 4 aromatic heterocycles. The molecule has 0 saturated carbocycles. The molecule has 0 saturated heterocycles. The van der Waals surface area contributed by atoms with E-state index in [4.69, 9.17) is 24.5 Å². The Kier molecular flexibility index (Phi) is 7.90. The molecule has 5 aromatic rings. The van der Waals surface area contributed by atoms with Crippen LogP contribution in [-0.2, 0) is 35.6 Å². The van der Waals surface area contributed by atoms with Crippen molar-refractivity contribution in [1.29, 1.82) is 0 Å². The first kappa shape index (κ1) is 29.3. The van der Waals surface area contributed by atoms with Crippen molar-refractivity contribution in [1.82, 2.24) is 29.5 Å². The minimum absolute atomic E-state index is 0.111. The summed E-state index contributed by atoms with van der Waals surface area (Å²) in [6.45, 7) is 7.62. The van der Waals surface area contributed by atoms with Crippen LogP contribution in [0.5, 0.6) is 5.75 Å². The van der Waals surface area contributed by atoms with E-state index in [1.54, 1.807) is 29.4 Å². The summed E-state index contributed by atoms with van der Waals surface area (Å²) in [6, 6.07) is 10.9. The average Bonchev–Trinajstić information content (AvgIpc) is 3.71. The maximum absolute atomic E-state index is 14.6. The molecule has 45 heavy (non-hydrogen) atoms. The Hall–Kier alpha value is -4.45. The van der Waals surface area contributed by atoms with Gasteiger partial charge in [0.2, 0.25) is 5.91 Å². The van der Waals surface area contributed by atoms with Gasteiger partial charge in [0, 0.05) is 77.9 Å². The van der Waals surface area contributed by atoms with E-state index in [0.717, 1.165) is 57.8 Å². The zero-order chi connectivity index (χ0) is 31.1. The lowest BCUT2D eigenvalue weighted by Crippen LogP contribution is -2.37. The second kappa shape index (κ2) is 12.2. The number of hydrogen-bond donors (Lipinski definition) is 0. The van der Waals surface area contributed by atoms with Gasteiger partial charge in [0.15, 0.2) is 0 Å². The number of thiophene rings is 1. The summed E-state index contributed by atoms with van der Waals surface area (Å²) < 4.78 is 28.8. The van der Waals surface area contributed by atoms with E-state index < -0.39 is 5.82 Å². The van der Waals surface area contributed by atoms with E-state index >= 15 is 0 Å². The Bertz CT molecular complexity index is 1930. The van der Waals surface area contributed by atoms with Crippen molar-refractivity contribution >= 4 is 27.3 Å². The van der Waals surface area contributed by atoms with Gasteiger partial charge in [-0.05, 0) is 54.4 Å². The molecule has 9 nitrogen and oxygen atoms in total. The summed E-state index contributed by atoms with van der Waals surface area (Å²) in [7, 11) is 3.72. The highest BCUT2D eigenvalue weighted by Gasteiger charge is 2.27. The lowest BCUT2D eigenvalue weighted by atomic mass is 9.96. The zero-order valence-electron chi connectivity index (χ0n) is 25.3. The van der Waals surface area contributed by atoms with Crippen molar-refractivity contribution < 1.29 is 18.7 Å². The third-order valence-electron chi connectivity index (χ3n) is 8.40. The van der Waals surface area contributed by atoms with Gasteiger partial charge in [-0.2, -0.15) is 5.10 Å². The Morgan fingerprint density at radius 1 is 1.11 bits per heavy atom. The Labute approximate surface area is 264 Å². The van der Waals surface area contributed by atoms with Crippen molar-refractivity contribution in [2.45, 2.75) is 26.1 Å². The van der Waals surface area contributed by atoms with Gasteiger partial charge in [-0.1, -0.05) is 6.58 Å². The molecule has 2 aliphatic heterocycles. The van der Waals surface area contributed by atoms with Crippen LogP contribution in [0.3, 0.4) is 0 Å². The molecule has 0 N–H and O–H groups in total. The SMILES string of the molecule is C=CC(=O)N1CCn2nc(-c3nc(-c4cnc5c(c4)CN(C)CC5)c4ccsc4c3-c3ccc(F)cc3OCCOC)cc2C1. The van der Waals surface area contributed by atoms with Crippen LogP contribution in [0.15, 0.2) is 60.6 Å². The van der Waals surface area contributed by atoms with Gasteiger partial charge in [-0.15, -0.1) is 11.3 Å². The largest absolute Gasteiger partial charge is 0.490 e. The molecule has 0 radical (unpaired) electrons. The highest BCUT2D eigenvalue weighted by Crippen LogP contribution is 2.46. The van der Waals surface area contributed by atoms with Crippen LogP contribution in [0, 0.1) is 5.82 Å². The molecule has 230 valence electrons. The first-order valence-electron chi connectivity index (χ1n) is 14.9. The molecule has 6 heterocycles. The topological polar surface area (TPSA) is 85.6 Å². The summed E-state index contributed by atoms with van der Waals surface area (Å²) in [5.74, 6) is -0.100. The summed E-state index contributed by atoms with van der Waals surface area (Å²) in [4.78, 5) is 26.7. The fraction of sp³-hybridized carbons (Fsp3) is 0.294. The van der Waals surface area contributed by atoms with Gasteiger partial charge in [0.1, 0.15) is 29.6 Å². The van der Waals surface area contributed by atoms with Crippen molar-refractivity contribution in [3.63, 3.8) is 0 Å². The fourth-order valence-corrected chi connectivity index (χ4v) is 7.09. The number of benzene rings is 1. The maximum atomic E-state index is 14.6. The van der Waals surface area contributed by atoms with Crippen LogP contribution in [0.1, 0.15) is 17.0 Å². The molecule has 1 amide bonds. The highest BCUT2D eigenvalue weighted by atomic mass is 32.1. The van der Waals surface area contributed by atoms with Crippen LogP contribution >= 0.6 is 11.3 Å². The Balaban J connectivity index is 1.44. The van der Waals surface area contributed by atoms with Gasteiger partial charge in [-0.3, -0.25) is 14.5 Å². The number of pyridine rings is 2. The van der Waals surface area contributed by atoms with E-state index in [-0.39, 0.29) is 12.5 Å². The third kappa shape index (κ3) is 5.52. The monoisotopic (exact) mass is 624 g/mol. The number of amides is 1. The van der Waals surface area contributed by atoms with Gasteiger partial charge in [-0.25, -0.2) is 9.37 Å². The highest BCUT2D eigenvalue weighted by molar-refractivity contribution is 7.18. The van der Waals surface area contributed by atoms with E-state index in [0.29, 0.717) is 48.9 Å². The molecule has 0 bridgehead atoms. The number of aromatic nitrogens is 4. The second-order valence-corrected chi connectivity index (χ2v) is 12.3. The first-order valence-corrected chi connectivity index (χ1v) is 15.8. The van der Waals surface area contributed by atoms with Crippen LogP contribution in [0.4, 0.5) is 4.39 Å². The summed E-state index contributed by atoms with van der Waals surface area (Å²) >= 11 is 1.60. The van der Waals surface area contributed by atoms with Gasteiger partial charge >= 0.3 is 0 Å². The van der Waals surface area contributed by atoms with Gasteiger partial charge < -0.3 is 19.3 Å². The molecule has 0 aliphatic carbocycles. The molecule has 7 rings (SSSR count). The van der Waals surface area contributed by atoms with E-state index in [9.17, 15) is 9.18 Å². The van der Waals surface area contributed by atoms with Crippen molar-refractivity contribution in [3.05, 3.63) is 83.4 Å². The van der Waals surface area contributed by atoms with E-state index in [1.165, 1.54) is 23.8 Å². The number of likely N-dealkylation sites (N-methyl/N-ethyl adjacent to an activating group) is 1. The van der Waals surface area contributed by atoms with Crippen LogP contribution < -0.4 is 4.74 Å².